The third-order valence-electron chi connectivity index (χ3n) is 3.82. The molecule has 0 unspecified atom stereocenters. The second-order valence-corrected chi connectivity index (χ2v) is 5.98. The highest BCUT2D eigenvalue weighted by Gasteiger charge is 2.30. The SMILES string of the molecule is CC[C@H](C)[C@H](NC(=O)[C@H](CCC(N)=O)NC(=O)[C@@H](N)CC(=O)O)C(=O)O. The molecule has 26 heavy (non-hydrogen) atoms. The van der Waals surface area contributed by atoms with Crippen molar-refractivity contribution in [3.63, 3.8) is 0 Å². The normalized spacial score (nSPS) is 15.2. The Balaban J connectivity index is 5.17. The molecule has 0 spiro atoms. The molecule has 11 nitrogen and oxygen atoms in total. The number of rotatable bonds is 12. The molecule has 0 aromatic heterocycles. The summed E-state index contributed by atoms with van der Waals surface area (Å²) in [4.78, 5) is 57.2. The van der Waals surface area contributed by atoms with Crippen LogP contribution in [0.5, 0.6) is 0 Å². The van der Waals surface area contributed by atoms with E-state index in [1.165, 1.54) is 0 Å². The summed E-state index contributed by atoms with van der Waals surface area (Å²) in [5.74, 6) is -5.37. The van der Waals surface area contributed by atoms with Crippen molar-refractivity contribution < 1.29 is 34.2 Å². The lowest BCUT2D eigenvalue weighted by Gasteiger charge is -2.25. The molecule has 0 heterocycles. The van der Waals surface area contributed by atoms with Crippen LogP contribution in [0.1, 0.15) is 39.5 Å². The maximum Gasteiger partial charge on any atom is 0.326 e. The predicted molar refractivity (Wildman–Crippen MR) is 89.6 cm³/mol. The van der Waals surface area contributed by atoms with Crippen LogP contribution in [0, 0.1) is 5.92 Å². The molecule has 8 N–H and O–H groups in total. The van der Waals surface area contributed by atoms with E-state index in [2.05, 4.69) is 10.6 Å². The van der Waals surface area contributed by atoms with Crippen molar-refractivity contribution in [2.45, 2.75) is 57.7 Å². The molecule has 0 saturated heterocycles. The van der Waals surface area contributed by atoms with E-state index in [0.717, 1.165) is 0 Å². The highest BCUT2D eigenvalue weighted by Crippen LogP contribution is 2.09. The monoisotopic (exact) mass is 374 g/mol. The number of hydrogen-bond donors (Lipinski definition) is 6. The maximum absolute atomic E-state index is 12.4. The van der Waals surface area contributed by atoms with Gasteiger partial charge in [-0.1, -0.05) is 20.3 Å². The van der Waals surface area contributed by atoms with Crippen LogP contribution in [-0.4, -0.2) is 58.0 Å². The summed E-state index contributed by atoms with van der Waals surface area (Å²) in [7, 11) is 0. The summed E-state index contributed by atoms with van der Waals surface area (Å²) in [6.07, 6.45) is -0.590. The fourth-order valence-corrected chi connectivity index (χ4v) is 2.05. The molecule has 3 amide bonds. The number of carboxylic acids is 2. The molecular weight excluding hydrogens is 348 g/mol. The van der Waals surface area contributed by atoms with Crippen molar-refractivity contribution in [1.82, 2.24) is 10.6 Å². The number of amides is 3. The first-order valence-corrected chi connectivity index (χ1v) is 8.08. The van der Waals surface area contributed by atoms with E-state index in [-0.39, 0.29) is 18.8 Å². The zero-order valence-electron chi connectivity index (χ0n) is 14.7. The highest BCUT2D eigenvalue weighted by atomic mass is 16.4. The molecule has 0 aromatic carbocycles. The van der Waals surface area contributed by atoms with E-state index in [1.54, 1.807) is 13.8 Å². The van der Waals surface area contributed by atoms with Gasteiger partial charge in [0.05, 0.1) is 12.5 Å². The van der Waals surface area contributed by atoms with Crippen LogP contribution in [0.25, 0.3) is 0 Å². The van der Waals surface area contributed by atoms with Gasteiger partial charge in [0.2, 0.25) is 17.7 Å². The third-order valence-corrected chi connectivity index (χ3v) is 3.82. The van der Waals surface area contributed by atoms with Crippen molar-refractivity contribution in [2.24, 2.45) is 17.4 Å². The number of nitrogens with two attached hydrogens (primary N) is 2. The number of nitrogens with one attached hydrogen (secondary N) is 2. The van der Waals surface area contributed by atoms with E-state index in [1.807, 2.05) is 0 Å². The van der Waals surface area contributed by atoms with Gasteiger partial charge in [-0.15, -0.1) is 0 Å². The molecule has 0 aliphatic rings. The van der Waals surface area contributed by atoms with Crippen LogP contribution in [0.4, 0.5) is 0 Å². The maximum atomic E-state index is 12.4. The van der Waals surface area contributed by atoms with E-state index >= 15 is 0 Å². The summed E-state index contributed by atoms with van der Waals surface area (Å²) >= 11 is 0. The van der Waals surface area contributed by atoms with Gasteiger partial charge in [0.1, 0.15) is 12.1 Å². The minimum atomic E-state index is -1.40. The van der Waals surface area contributed by atoms with Crippen molar-refractivity contribution in [2.75, 3.05) is 0 Å². The number of carbonyl (C=O) groups is 5. The van der Waals surface area contributed by atoms with E-state index in [9.17, 15) is 29.1 Å². The minimum absolute atomic E-state index is 0.181. The molecule has 11 heteroatoms. The van der Waals surface area contributed by atoms with Crippen LogP contribution >= 0.6 is 0 Å². The van der Waals surface area contributed by atoms with Crippen molar-refractivity contribution in [1.29, 1.82) is 0 Å². The van der Waals surface area contributed by atoms with Crippen LogP contribution < -0.4 is 22.1 Å². The van der Waals surface area contributed by atoms with Crippen molar-refractivity contribution >= 4 is 29.7 Å². The molecule has 0 bridgehead atoms. The van der Waals surface area contributed by atoms with Gasteiger partial charge < -0.3 is 32.3 Å². The molecule has 4 atom stereocenters. The van der Waals surface area contributed by atoms with Crippen LogP contribution in [0.3, 0.4) is 0 Å². The first-order valence-electron chi connectivity index (χ1n) is 8.08. The zero-order valence-corrected chi connectivity index (χ0v) is 14.7. The van der Waals surface area contributed by atoms with Crippen molar-refractivity contribution in [3.05, 3.63) is 0 Å². The molecule has 0 fully saturated rings. The Morgan fingerprint density at radius 3 is 2.04 bits per heavy atom. The Hall–Kier alpha value is -2.69. The van der Waals surface area contributed by atoms with Crippen LogP contribution in [-0.2, 0) is 24.0 Å². The lowest BCUT2D eigenvalue weighted by molar-refractivity contribution is -0.144. The molecule has 0 radical (unpaired) electrons. The molecule has 0 aliphatic heterocycles. The zero-order chi connectivity index (χ0) is 20.4. The average Bonchev–Trinajstić information content (AvgIpc) is 2.53. The predicted octanol–water partition coefficient (Wildman–Crippen LogP) is -1.85. The van der Waals surface area contributed by atoms with Gasteiger partial charge in [0.15, 0.2) is 0 Å². The Kier molecular flexibility index (Phi) is 9.89. The van der Waals surface area contributed by atoms with E-state index in [0.29, 0.717) is 6.42 Å². The summed E-state index contributed by atoms with van der Waals surface area (Å²) in [6.45, 7) is 3.39. The molecule has 0 rings (SSSR count). The van der Waals surface area contributed by atoms with Gasteiger partial charge in [-0.3, -0.25) is 19.2 Å². The number of aliphatic carboxylic acids is 2. The van der Waals surface area contributed by atoms with Gasteiger partial charge in [-0.25, -0.2) is 4.79 Å². The molecule has 148 valence electrons. The number of carboxylic acid groups (broad SMARTS) is 2. The Morgan fingerprint density at radius 1 is 1.04 bits per heavy atom. The highest BCUT2D eigenvalue weighted by molar-refractivity contribution is 5.93. The largest absolute Gasteiger partial charge is 0.481 e. The molecule has 0 saturated carbocycles. The average molecular weight is 374 g/mol. The quantitative estimate of drug-likeness (QED) is 0.228. The number of primary amides is 1. The van der Waals surface area contributed by atoms with Crippen LogP contribution in [0.15, 0.2) is 0 Å². The van der Waals surface area contributed by atoms with E-state index in [4.69, 9.17) is 16.6 Å². The number of carbonyl (C=O) groups excluding carboxylic acids is 3. The van der Waals surface area contributed by atoms with Crippen molar-refractivity contribution in [3.8, 4) is 0 Å². The third kappa shape index (κ3) is 8.42. The fourth-order valence-electron chi connectivity index (χ4n) is 2.05. The standard InChI is InChI=1S/C15H26N4O7/c1-3-7(2)12(15(25)26)19-14(24)9(4-5-10(17)20)18-13(23)8(16)6-11(21)22/h7-9,12H,3-6,16H2,1-2H3,(H2,17,20)(H,18,23)(H,19,24)(H,21,22)(H,25,26)/t7-,8-,9-,12-/m0/s1. The minimum Gasteiger partial charge on any atom is -0.481 e. The summed E-state index contributed by atoms with van der Waals surface area (Å²) in [6, 6.07) is -3.87. The van der Waals surface area contributed by atoms with Crippen LogP contribution in [0.2, 0.25) is 0 Å². The smallest absolute Gasteiger partial charge is 0.326 e. The Bertz CT molecular complexity index is 552. The molecule has 0 aliphatic carbocycles. The Morgan fingerprint density at radius 2 is 1.62 bits per heavy atom. The van der Waals surface area contributed by atoms with Gasteiger partial charge in [0, 0.05) is 6.42 Å². The second kappa shape index (κ2) is 11.0. The first-order chi connectivity index (χ1) is 12.0. The lowest BCUT2D eigenvalue weighted by Crippen LogP contribution is -2.56. The second-order valence-electron chi connectivity index (χ2n) is 5.98. The number of hydrogen-bond acceptors (Lipinski definition) is 6. The lowest BCUT2D eigenvalue weighted by atomic mass is 9.98. The summed E-state index contributed by atoms with van der Waals surface area (Å²) in [5.41, 5.74) is 10.5. The summed E-state index contributed by atoms with van der Waals surface area (Å²) < 4.78 is 0. The molecule has 0 aromatic rings. The van der Waals surface area contributed by atoms with E-state index < -0.39 is 54.2 Å². The summed E-state index contributed by atoms with van der Waals surface area (Å²) in [5, 5.41) is 22.4. The van der Waals surface area contributed by atoms with Gasteiger partial charge >= 0.3 is 11.9 Å². The first kappa shape index (κ1) is 23.3. The van der Waals surface area contributed by atoms with Gasteiger partial charge in [-0.2, -0.15) is 0 Å². The molecular formula is C15H26N4O7. The topological polar surface area (TPSA) is 202 Å². The Labute approximate surface area is 150 Å². The van der Waals surface area contributed by atoms with Gasteiger partial charge in [-0.05, 0) is 12.3 Å². The van der Waals surface area contributed by atoms with Gasteiger partial charge in [0.25, 0.3) is 0 Å². The fraction of sp³-hybridized carbons (Fsp3) is 0.667.